The van der Waals surface area contributed by atoms with Gasteiger partial charge in [-0.25, -0.2) is 4.79 Å². The maximum absolute atomic E-state index is 10.7. The number of aromatic carboxylic acids is 1. The Morgan fingerprint density at radius 2 is 2.21 bits per heavy atom. The minimum Gasteiger partial charge on any atom is -0.478 e. The second kappa shape index (κ2) is 3.69. The molecule has 0 atom stereocenters. The summed E-state index contributed by atoms with van der Waals surface area (Å²) in [5, 5.41) is 19.3. The van der Waals surface area contributed by atoms with Crippen molar-refractivity contribution in [3.63, 3.8) is 0 Å². The highest BCUT2D eigenvalue weighted by Crippen LogP contribution is 2.23. The maximum atomic E-state index is 10.7. The molecule has 0 aromatic heterocycles. The van der Waals surface area contributed by atoms with E-state index in [9.17, 15) is 14.9 Å². The molecule has 0 amide bonds. The van der Waals surface area contributed by atoms with Crippen molar-refractivity contribution >= 4 is 17.7 Å². The van der Waals surface area contributed by atoms with Gasteiger partial charge in [-0.05, 0) is 6.07 Å². The summed E-state index contributed by atoms with van der Waals surface area (Å²) in [5.41, 5.74) is -0.334. The lowest BCUT2D eigenvalue weighted by atomic mass is 10.1. The van der Waals surface area contributed by atoms with Gasteiger partial charge in [0.25, 0.3) is 5.69 Å². The van der Waals surface area contributed by atoms with Crippen LogP contribution >= 0.6 is 0 Å². The number of benzene rings is 1. The summed E-state index contributed by atoms with van der Waals surface area (Å²) in [6, 6.07) is 3.87. The first-order chi connectivity index (χ1) is 6.57. The van der Waals surface area contributed by atoms with Crippen molar-refractivity contribution in [3.8, 4) is 0 Å². The van der Waals surface area contributed by atoms with Gasteiger partial charge >= 0.3 is 5.97 Å². The molecule has 0 unspecified atom stereocenters. The molecule has 1 N–H and O–H groups in total. The van der Waals surface area contributed by atoms with E-state index >= 15 is 0 Å². The molecule has 1 aromatic rings. The van der Waals surface area contributed by atoms with Crippen molar-refractivity contribution in [1.29, 1.82) is 0 Å². The number of carboxylic acids is 1. The van der Waals surface area contributed by atoms with Crippen molar-refractivity contribution in [2.75, 3.05) is 0 Å². The van der Waals surface area contributed by atoms with Gasteiger partial charge in [0.05, 0.1) is 16.1 Å². The standard InChI is InChI=1S/C9H7NO4/c1-2-6-7(9(11)12)4-3-5-8(6)10(13)14/h2-5H,1H2,(H,11,12). The van der Waals surface area contributed by atoms with Crippen LogP contribution < -0.4 is 0 Å². The fraction of sp³-hybridized carbons (Fsp3) is 0. The first-order valence-corrected chi connectivity index (χ1v) is 3.71. The highest BCUT2D eigenvalue weighted by atomic mass is 16.6. The number of nitro benzene ring substituents is 1. The van der Waals surface area contributed by atoms with Gasteiger partial charge in [-0.15, -0.1) is 0 Å². The number of nitrogens with zero attached hydrogens (tertiary/aromatic N) is 1. The largest absolute Gasteiger partial charge is 0.478 e. The van der Waals surface area contributed by atoms with Gasteiger partial charge in [0, 0.05) is 6.07 Å². The zero-order chi connectivity index (χ0) is 10.7. The molecule has 0 saturated carbocycles. The number of hydrogen-bond acceptors (Lipinski definition) is 3. The molecule has 5 heteroatoms. The minimum absolute atomic E-state index is 0.0324. The molecule has 0 aliphatic heterocycles. The van der Waals surface area contributed by atoms with Gasteiger partial charge in [-0.2, -0.15) is 0 Å². The zero-order valence-electron chi connectivity index (χ0n) is 7.14. The van der Waals surface area contributed by atoms with Crippen molar-refractivity contribution in [1.82, 2.24) is 0 Å². The van der Waals surface area contributed by atoms with Gasteiger partial charge in [0.1, 0.15) is 0 Å². The fourth-order valence-corrected chi connectivity index (χ4v) is 1.11. The zero-order valence-corrected chi connectivity index (χ0v) is 7.14. The lowest BCUT2D eigenvalue weighted by molar-refractivity contribution is -0.385. The predicted molar refractivity (Wildman–Crippen MR) is 50.1 cm³/mol. The molecule has 0 fully saturated rings. The van der Waals surface area contributed by atoms with Crippen LogP contribution in [0.15, 0.2) is 24.8 Å². The van der Waals surface area contributed by atoms with Gasteiger partial charge in [0.15, 0.2) is 0 Å². The first kappa shape index (κ1) is 9.91. The highest BCUT2D eigenvalue weighted by Gasteiger charge is 2.18. The van der Waals surface area contributed by atoms with Gasteiger partial charge < -0.3 is 5.11 Å². The Balaban J connectivity index is 3.47. The van der Waals surface area contributed by atoms with Gasteiger partial charge in [-0.3, -0.25) is 10.1 Å². The normalized spacial score (nSPS) is 9.43. The lowest BCUT2D eigenvalue weighted by Crippen LogP contribution is -2.02. The molecule has 5 nitrogen and oxygen atoms in total. The number of nitro groups is 1. The average Bonchev–Trinajstić information content (AvgIpc) is 2.16. The number of rotatable bonds is 3. The molecular formula is C9H7NO4. The fourth-order valence-electron chi connectivity index (χ4n) is 1.11. The van der Waals surface area contributed by atoms with E-state index in [0.29, 0.717) is 0 Å². The van der Waals surface area contributed by atoms with E-state index in [1.807, 2.05) is 0 Å². The smallest absolute Gasteiger partial charge is 0.336 e. The number of hydrogen-bond donors (Lipinski definition) is 1. The molecular weight excluding hydrogens is 186 g/mol. The van der Waals surface area contributed by atoms with E-state index in [-0.39, 0.29) is 16.8 Å². The Kier molecular flexibility index (Phi) is 2.62. The molecule has 0 saturated heterocycles. The van der Waals surface area contributed by atoms with Gasteiger partial charge in [0.2, 0.25) is 0 Å². The number of carbonyl (C=O) groups is 1. The molecule has 0 aliphatic rings. The first-order valence-electron chi connectivity index (χ1n) is 3.71. The Morgan fingerprint density at radius 1 is 1.57 bits per heavy atom. The molecule has 0 heterocycles. The van der Waals surface area contributed by atoms with Crippen LogP contribution in [0.2, 0.25) is 0 Å². The summed E-state index contributed by atoms with van der Waals surface area (Å²) in [4.78, 5) is 20.6. The summed E-state index contributed by atoms with van der Waals surface area (Å²) < 4.78 is 0. The average molecular weight is 193 g/mol. The van der Waals surface area contributed by atoms with Crippen LogP contribution in [0, 0.1) is 10.1 Å². The third-order valence-electron chi connectivity index (χ3n) is 1.71. The van der Waals surface area contributed by atoms with E-state index in [1.54, 1.807) is 0 Å². The van der Waals surface area contributed by atoms with E-state index in [4.69, 9.17) is 5.11 Å². The molecule has 14 heavy (non-hydrogen) atoms. The summed E-state index contributed by atoms with van der Waals surface area (Å²) in [6.07, 6.45) is 1.17. The second-order valence-electron chi connectivity index (χ2n) is 2.50. The third-order valence-corrected chi connectivity index (χ3v) is 1.71. The Bertz CT molecular complexity index is 379. The molecule has 0 spiro atoms. The van der Waals surface area contributed by atoms with Crippen molar-refractivity contribution in [2.45, 2.75) is 0 Å². The van der Waals surface area contributed by atoms with Crippen LogP contribution in [0.1, 0.15) is 15.9 Å². The van der Waals surface area contributed by atoms with Crippen LogP contribution in [0.25, 0.3) is 6.08 Å². The molecule has 0 aliphatic carbocycles. The van der Waals surface area contributed by atoms with E-state index in [0.717, 1.165) is 0 Å². The monoisotopic (exact) mass is 193 g/mol. The van der Waals surface area contributed by atoms with Crippen LogP contribution in [0.5, 0.6) is 0 Å². The third kappa shape index (κ3) is 1.61. The molecule has 1 rings (SSSR count). The van der Waals surface area contributed by atoms with Gasteiger partial charge in [-0.1, -0.05) is 18.7 Å². The molecule has 1 aromatic carbocycles. The Hall–Kier alpha value is -2.17. The van der Waals surface area contributed by atoms with Crippen molar-refractivity contribution in [3.05, 3.63) is 46.0 Å². The second-order valence-corrected chi connectivity index (χ2v) is 2.50. The van der Waals surface area contributed by atoms with E-state index in [1.165, 1.54) is 24.3 Å². The van der Waals surface area contributed by atoms with Crippen LogP contribution in [0.3, 0.4) is 0 Å². The van der Waals surface area contributed by atoms with E-state index < -0.39 is 10.9 Å². The summed E-state index contributed by atoms with van der Waals surface area (Å²) in [6.45, 7) is 3.35. The molecule has 0 radical (unpaired) electrons. The topological polar surface area (TPSA) is 80.4 Å². The maximum Gasteiger partial charge on any atom is 0.336 e. The minimum atomic E-state index is -1.20. The Labute approximate surface area is 79.4 Å². The highest BCUT2D eigenvalue weighted by molar-refractivity contribution is 5.93. The quantitative estimate of drug-likeness (QED) is 0.587. The van der Waals surface area contributed by atoms with Crippen molar-refractivity contribution < 1.29 is 14.8 Å². The predicted octanol–water partition coefficient (Wildman–Crippen LogP) is 1.94. The molecule has 72 valence electrons. The SMILES string of the molecule is C=Cc1c(C(=O)O)cccc1[N+](=O)[O-]. The van der Waals surface area contributed by atoms with Crippen LogP contribution in [-0.4, -0.2) is 16.0 Å². The van der Waals surface area contributed by atoms with Crippen molar-refractivity contribution in [2.24, 2.45) is 0 Å². The van der Waals surface area contributed by atoms with E-state index in [2.05, 4.69) is 6.58 Å². The van der Waals surface area contributed by atoms with Crippen LogP contribution in [0.4, 0.5) is 5.69 Å². The van der Waals surface area contributed by atoms with Crippen LogP contribution in [-0.2, 0) is 0 Å². The lowest BCUT2D eigenvalue weighted by Gasteiger charge is -2.00. The Morgan fingerprint density at radius 3 is 2.64 bits per heavy atom. The number of carboxylic acid groups (broad SMARTS) is 1. The summed E-state index contributed by atoms with van der Waals surface area (Å²) >= 11 is 0. The summed E-state index contributed by atoms with van der Waals surface area (Å²) in [5.74, 6) is -1.20. The summed E-state index contributed by atoms with van der Waals surface area (Å²) in [7, 11) is 0. The molecule has 0 bridgehead atoms.